The molecule has 0 atom stereocenters. The van der Waals surface area contributed by atoms with Crippen molar-refractivity contribution in [2.45, 2.75) is 21.8 Å². The van der Waals surface area contributed by atoms with Crippen LogP contribution in [0.1, 0.15) is 12.8 Å². The van der Waals surface area contributed by atoms with E-state index in [-0.39, 0.29) is 0 Å². The van der Waals surface area contributed by atoms with Crippen LogP contribution in [0.3, 0.4) is 0 Å². The molecule has 3 nitrogen and oxygen atoms in total. The summed E-state index contributed by atoms with van der Waals surface area (Å²) in [6.45, 7) is 0.563. The average Bonchev–Trinajstić information content (AvgIpc) is 2.75. The second kappa shape index (κ2) is 3.32. The van der Waals surface area contributed by atoms with Crippen molar-refractivity contribution in [1.29, 1.82) is 0 Å². The summed E-state index contributed by atoms with van der Waals surface area (Å²) in [6.07, 6.45) is 1.57. The first-order valence-corrected chi connectivity index (χ1v) is 6.91. The van der Waals surface area contributed by atoms with Gasteiger partial charge in [-0.3, -0.25) is 0 Å². The van der Waals surface area contributed by atoms with Gasteiger partial charge in [0.15, 0.2) is 9.84 Å². The van der Waals surface area contributed by atoms with Crippen molar-refractivity contribution in [1.82, 2.24) is 5.32 Å². The van der Waals surface area contributed by atoms with Crippen molar-refractivity contribution in [3.05, 3.63) is 17.5 Å². The van der Waals surface area contributed by atoms with Gasteiger partial charge in [0.1, 0.15) is 4.21 Å². The molecule has 1 heterocycles. The van der Waals surface area contributed by atoms with E-state index in [4.69, 9.17) is 0 Å². The predicted octanol–water partition coefficient (Wildman–Crippen LogP) is 1.27. The van der Waals surface area contributed by atoms with E-state index in [1.54, 1.807) is 19.2 Å². The fraction of sp³-hybridized carbons (Fsp3) is 0.556. The molecule has 1 aliphatic carbocycles. The van der Waals surface area contributed by atoms with E-state index in [1.165, 1.54) is 11.3 Å². The maximum absolute atomic E-state index is 12.1. The van der Waals surface area contributed by atoms with Gasteiger partial charge in [-0.15, -0.1) is 11.3 Å². The quantitative estimate of drug-likeness (QED) is 0.849. The Kier molecular flexibility index (Phi) is 2.41. The van der Waals surface area contributed by atoms with Crippen molar-refractivity contribution in [2.24, 2.45) is 0 Å². The van der Waals surface area contributed by atoms with Crippen LogP contribution < -0.4 is 5.32 Å². The standard InChI is InChI=1S/C9H13NO2S2/c1-10-7-9(4-5-9)14(11,12)8-3-2-6-13-8/h2-3,6,10H,4-5,7H2,1H3. The first-order valence-electron chi connectivity index (χ1n) is 4.55. The molecular weight excluding hydrogens is 218 g/mol. The summed E-state index contributed by atoms with van der Waals surface area (Å²) in [6, 6.07) is 3.47. The monoisotopic (exact) mass is 231 g/mol. The van der Waals surface area contributed by atoms with Gasteiger partial charge in [-0.2, -0.15) is 0 Å². The smallest absolute Gasteiger partial charge is 0.194 e. The molecule has 1 aliphatic rings. The predicted molar refractivity (Wildman–Crippen MR) is 57.4 cm³/mol. The zero-order valence-electron chi connectivity index (χ0n) is 7.99. The second-order valence-electron chi connectivity index (χ2n) is 3.65. The molecule has 2 rings (SSSR count). The summed E-state index contributed by atoms with van der Waals surface area (Å²) in [5.74, 6) is 0. The molecule has 1 aromatic heterocycles. The normalized spacial score (nSPS) is 19.5. The maximum atomic E-state index is 12.1. The van der Waals surface area contributed by atoms with Crippen LogP contribution in [-0.2, 0) is 9.84 Å². The third-order valence-corrected chi connectivity index (χ3v) is 6.60. The summed E-state index contributed by atoms with van der Waals surface area (Å²) in [5, 5.41) is 4.77. The van der Waals surface area contributed by atoms with Crippen molar-refractivity contribution in [2.75, 3.05) is 13.6 Å². The first kappa shape index (κ1) is 10.1. The summed E-state index contributed by atoms with van der Waals surface area (Å²) in [5.41, 5.74) is 0. The molecule has 0 bridgehead atoms. The summed E-state index contributed by atoms with van der Waals surface area (Å²) in [4.78, 5) is 0. The van der Waals surface area contributed by atoms with Gasteiger partial charge in [0.25, 0.3) is 0 Å². The van der Waals surface area contributed by atoms with Crippen LogP contribution in [0.25, 0.3) is 0 Å². The molecule has 0 aliphatic heterocycles. The van der Waals surface area contributed by atoms with Gasteiger partial charge >= 0.3 is 0 Å². The molecule has 1 saturated carbocycles. The van der Waals surface area contributed by atoms with Crippen LogP contribution in [-0.4, -0.2) is 26.8 Å². The van der Waals surface area contributed by atoms with Crippen LogP contribution in [0.2, 0.25) is 0 Å². The van der Waals surface area contributed by atoms with Crippen LogP contribution in [0.15, 0.2) is 21.7 Å². The van der Waals surface area contributed by atoms with Crippen molar-refractivity contribution < 1.29 is 8.42 Å². The van der Waals surface area contributed by atoms with Crippen molar-refractivity contribution in [3.63, 3.8) is 0 Å². The van der Waals surface area contributed by atoms with E-state index in [0.29, 0.717) is 10.8 Å². The van der Waals surface area contributed by atoms with E-state index in [9.17, 15) is 8.42 Å². The largest absolute Gasteiger partial charge is 0.318 e. The third-order valence-electron chi connectivity index (χ3n) is 2.64. The lowest BCUT2D eigenvalue weighted by Crippen LogP contribution is -2.33. The molecule has 0 saturated heterocycles. The lowest BCUT2D eigenvalue weighted by Gasteiger charge is -2.13. The van der Waals surface area contributed by atoms with Crippen LogP contribution in [0, 0.1) is 0 Å². The molecule has 0 spiro atoms. The van der Waals surface area contributed by atoms with Crippen LogP contribution in [0.4, 0.5) is 0 Å². The number of thiophene rings is 1. The average molecular weight is 231 g/mol. The summed E-state index contributed by atoms with van der Waals surface area (Å²) < 4.78 is 24.3. The van der Waals surface area contributed by atoms with Crippen molar-refractivity contribution in [3.8, 4) is 0 Å². The van der Waals surface area contributed by atoms with Crippen LogP contribution in [0.5, 0.6) is 0 Å². The minimum atomic E-state index is -3.09. The topological polar surface area (TPSA) is 46.2 Å². The molecule has 14 heavy (non-hydrogen) atoms. The highest BCUT2D eigenvalue weighted by molar-refractivity contribution is 7.95. The molecule has 0 amide bonds. The zero-order chi connectivity index (χ0) is 10.2. The van der Waals surface area contributed by atoms with Gasteiger partial charge in [0, 0.05) is 6.54 Å². The molecule has 0 radical (unpaired) electrons. The number of hydrogen-bond donors (Lipinski definition) is 1. The Hall–Kier alpha value is -0.390. The van der Waals surface area contributed by atoms with Crippen LogP contribution >= 0.6 is 11.3 Å². The highest BCUT2D eigenvalue weighted by Gasteiger charge is 2.54. The number of nitrogens with one attached hydrogen (secondary N) is 1. The summed E-state index contributed by atoms with van der Waals surface area (Å²) >= 11 is 1.31. The van der Waals surface area contributed by atoms with Crippen molar-refractivity contribution >= 4 is 21.2 Å². The molecule has 1 fully saturated rings. The van der Waals surface area contributed by atoms with Gasteiger partial charge in [-0.25, -0.2) is 8.42 Å². The molecule has 0 unspecified atom stereocenters. The van der Waals surface area contributed by atoms with Gasteiger partial charge in [-0.1, -0.05) is 6.07 Å². The fourth-order valence-corrected chi connectivity index (χ4v) is 4.94. The highest BCUT2D eigenvalue weighted by atomic mass is 32.2. The molecule has 1 N–H and O–H groups in total. The highest BCUT2D eigenvalue weighted by Crippen LogP contribution is 2.47. The fourth-order valence-electron chi connectivity index (χ4n) is 1.63. The van der Waals surface area contributed by atoms with E-state index in [0.717, 1.165) is 12.8 Å². The van der Waals surface area contributed by atoms with Gasteiger partial charge in [0.05, 0.1) is 4.75 Å². The Morgan fingerprint density at radius 2 is 2.29 bits per heavy atom. The Morgan fingerprint density at radius 3 is 2.71 bits per heavy atom. The first-order chi connectivity index (χ1) is 6.62. The Morgan fingerprint density at radius 1 is 1.57 bits per heavy atom. The van der Waals surface area contributed by atoms with E-state index < -0.39 is 14.6 Å². The molecule has 1 aromatic rings. The Bertz CT molecular complexity index is 404. The summed E-state index contributed by atoms with van der Waals surface area (Å²) in [7, 11) is -1.29. The zero-order valence-corrected chi connectivity index (χ0v) is 9.62. The maximum Gasteiger partial charge on any atom is 0.194 e. The van der Waals surface area contributed by atoms with Gasteiger partial charge in [0.2, 0.25) is 0 Å². The SMILES string of the molecule is CNCC1(S(=O)(=O)c2cccs2)CC1. The molecule has 5 heteroatoms. The molecule has 0 aromatic carbocycles. The minimum absolute atomic E-state index is 0.505. The Balaban J connectivity index is 2.34. The number of rotatable bonds is 4. The molecule has 78 valence electrons. The van der Waals surface area contributed by atoms with E-state index in [1.807, 2.05) is 5.38 Å². The van der Waals surface area contributed by atoms with E-state index >= 15 is 0 Å². The number of hydrogen-bond acceptors (Lipinski definition) is 4. The minimum Gasteiger partial charge on any atom is -0.318 e. The third kappa shape index (κ3) is 1.39. The lowest BCUT2D eigenvalue weighted by molar-refractivity contribution is 0.571. The van der Waals surface area contributed by atoms with E-state index in [2.05, 4.69) is 5.32 Å². The number of sulfone groups is 1. The van der Waals surface area contributed by atoms with Gasteiger partial charge < -0.3 is 5.32 Å². The molecular formula is C9H13NO2S2. The lowest BCUT2D eigenvalue weighted by atomic mass is 10.4. The Labute approximate surface area is 88.1 Å². The van der Waals surface area contributed by atoms with Gasteiger partial charge in [-0.05, 0) is 31.3 Å². The second-order valence-corrected chi connectivity index (χ2v) is 7.17.